The standard InChI is InChI=1S/C18H26N4O6/c1-17(2,3)27-15(23)20-14(21(7)16(24)28-18(4,5)6)19-12-8-10-13(11-9-12)22(25)26/h8-11H,1-7H3,(H,19,20,23). The lowest BCUT2D eigenvalue weighted by Crippen LogP contribution is -2.48. The lowest BCUT2D eigenvalue weighted by Gasteiger charge is -2.26. The van der Waals surface area contributed by atoms with E-state index in [0.717, 1.165) is 4.90 Å². The van der Waals surface area contributed by atoms with Crippen LogP contribution in [0.5, 0.6) is 0 Å². The van der Waals surface area contributed by atoms with E-state index in [2.05, 4.69) is 10.3 Å². The molecule has 0 saturated carbocycles. The molecule has 0 fully saturated rings. The van der Waals surface area contributed by atoms with Crippen molar-refractivity contribution in [2.24, 2.45) is 4.99 Å². The van der Waals surface area contributed by atoms with Crippen LogP contribution in [0.25, 0.3) is 0 Å². The molecule has 0 spiro atoms. The average Bonchev–Trinajstić information content (AvgIpc) is 2.50. The molecule has 0 heterocycles. The minimum Gasteiger partial charge on any atom is -0.444 e. The van der Waals surface area contributed by atoms with Crippen LogP contribution in [0, 0.1) is 10.1 Å². The van der Waals surface area contributed by atoms with Crippen LogP contribution in [0.2, 0.25) is 0 Å². The van der Waals surface area contributed by atoms with Gasteiger partial charge in [0, 0.05) is 19.2 Å². The summed E-state index contributed by atoms with van der Waals surface area (Å²) in [5.74, 6) is -0.155. The van der Waals surface area contributed by atoms with Gasteiger partial charge < -0.3 is 9.47 Å². The summed E-state index contributed by atoms with van der Waals surface area (Å²) in [6.45, 7) is 10.2. The molecular weight excluding hydrogens is 368 g/mol. The van der Waals surface area contributed by atoms with Gasteiger partial charge in [0.15, 0.2) is 0 Å². The maximum Gasteiger partial charge on any atom is 0.416 e. The Morgan fingerprint density at radius 2 is 1.54 bits per heavy atom. The topological polar surface area (TPSA) is 123 Å². The summed E-state index contributed by atoms with van der Waals surface area (Å²) in [7, 11) is 1.37. The molecule has 0 aromatic heterocycles. The number of carbonyl (C=O) groups is 2. The number of benzene rings is 1. The molecule has 1 N–H and O–H groups in total. The number of nitrogens with zero attached hydrogens (tertiary/aromatic N) is 3. The van der Waals surface area contributed by atoms with Crippen LogP contribution >= 0.6 is 0 Å². The van der Waals surface area contributed by atoms with Crippen molar-refractivity contribution in [1.82, 2.24) is 10.2 Å². The van der Waals surface area contributed by atoms with E-state index in [9.17, 15) is 19.7 Å². The molecule has 1 aromatic carbocycles. The number of rotatable bonds is 2. The molecule has 0 bridgehead atoms. The second-order valence-electron chi connectivity index (χ2n) is 7.88. The molecule has 0 aliphatic rings. The van der Waals surface area contributed by atoms with Gasteiger partial charge in [0.05, 0.1) is 10.6 Å². The minimum absolute atomic E-state index is 0.110. The van der Waals surface area contributed by atoms with Gasteiger partial charge >= 0.3 is 12.2 Å². The third-order valence-corrected chi connectivity index (χ3v) is 2.89. The zero-order valence-corrected chi connectivity index (χ0v) is 17.1. The monoisotopic (exact) mass is 394 g/mol. The van der Waals surface area contributed by atoms with Crippen LogP contribution in [-0.2, 0) is 9.47 Å². The quantitative estimate of drug-likeness (QED) is 0.350. The van der Waals surface area contributed by atoms with Gasteiger partial charge in [0.1, 0.15) is 11.2 Å². The first kappa shape index (κ1) is 22.9. The minimum atomic E-state index is -0.816. The van der Waals surface area contributed by atoms with Gasteiger partial charge in [-0.1, -0.05) is 0 Å². The van der Waals surface area contributed by atoms with Crippen LogP contribution in [0.15, 0.2) is 29.3 Å². The maximum atomic E-state index is 12.3. The number of carbonyl (C=O) groups excluding carboxylic acids is 2. The van der Waals surface area contributed by atoms with Crippen molar-refractivity contribution in [1.29, 1.82) is 0 Å². The molecule has 0 radical (unpaired) electrons. The Morgan fingerprint density at radius 3 is 1.96 bits per heavy atom. The van der Waals surface area contributed by atoms with E-state index < -0.39 is 28.3 Å². The van der Waals surface area contributed by atoms with E-state index in [1.54, 1.807) is 41.5 Å². The third kappa shape index (κ3) is 8.02. The SMILES string of the molecule is CN(C(=O)OC(C)(C)C)C(=Nc1ccc([N+](=O)[O-])cc1)NC(=O)OC(C)(C)C. The second-order valence-corrected chi connectivity index (χ2v) is 7.88. The number of alkyl carbamates (subject to hydrolysis) is 1. The fourth-order valence-electron chi connectivity index (χ4n) is 1.77. The van der Waals surface area contributed by atoms with Crippen LogP contribution in [0.3, 0.4) is 0 Å². The number of ether oxygens (including phenoxy) is 2. The van der Waals surface area contributed by atoms with E-state index in [1.807, 2.05) is 0 Å². The van der Waals surface area contributed by atoms with E-state index in [-0.39, 0.29) is 17.3 Å². The number of nitro groups is 1. The average molecular weight is 394 g/mol. The van der Waals surface area contributed by atoms with Gasteiger partial charge in [0.2, 0.25) is 5.96 Å². The molecule has 0 saturated heterocycles. The molecule has 0 aliphatic carbocycles. The Hall–Kier alpha value is -3.17. The smallest absolute Gasteiger partial charge is 0.416 e. The van der Waals surface area contributed by atoms with Crippen LogP contribution in [0.1, 0.15) is 41.5 Å². The highest BCUT2D eigenvalue weighted by Gasteiger charge is 2.26. The highest BCUT2D eigenvalue weighted by molar-refractivity contribution is 6.02. The van der Waals surface area contributed by atoms with Gasteiger partial charge in [-0.15, -0.1) is 0 Å². The van der Waals surface area contributed by atoms with Gasteiger partial charge in [0.25, 0.3) is 5.69 Å². The van der Waals surface area contributed by atoms with Crippen LogP contribution in [0.4, 0.5) is 21.0 Å². The first-order chi connectivity index (χ1) is 12.7. The van der Waals surface area contributed by atoms with E-state index in [4.69, 9.17) is 9.47 Å². The van der Waals surface area contributed by atoms with Crippen molar-refractivity contribution in [3.8, 4) is 0 Å². The first-order valence-corrected chi connectivity index (χ1v) is 8.48. The van der Waals surface area contributed by atoms with Gasteiger partial charge in [-0.3, -0.25) is 20.3 Å². The van der Waals surface area contributed by atoms with Crippen molar-refractivity contribution in [3.05, 3.63) is 34.4 Å². The normalized spacial score (nSPS) is 12.2. The fraction of sp³-hybridized carbons (Fsp3) is 0.500. The molecule has 0 unspecified atom stereocenters. The van der Waals surface area contributed by atoms with E-state index in [0.29, 0.717) is 0 Å². The van der Waals surface area contributed by atoms with Crippen molar-refractivity contribution < 1.29 is 24.0 Å². The Balaban J connectivity index is 3.17. The lowest BCUT2D eigenvalue weighted by atomic mass is 10.2. The van der Waals surface area contributed by atoms with Crippen LogP contribution < -0.4 is 5.32 Å². The van der Waals surface area contributed by atoms with Crippen molar-refractivity contribution in [3.63, 3.8) is 0 Å². The summed E-state index contributed by atoms with van der Waals surface area (Å²) in [5.41, 5.74) is -1.34. The molecule has 28 heavy (non-hydrogen) atoms. The first-order valence-electron chi connectivity index (χ1n) is 8.48. The van der Waals surface area contributed by atoms with E-state index in [1.165, 1.54) is 31.3 Å². The predicted octanol–water partition coefficient (Wildman–Crippen LogP) is 3.97. The largest absolute Gasteiger partial charge is 0.444 e. The number of aliphatic imine (C=N–C) groups is 1. The zero-order chi connectivity index (χ0) is 21.7. The fourth-order valence-corrected chi connectivity index (χ4v) is 1.77. The number of amides is 2. The summed E-state index contributed by atoms with van der Waals surface area (Å²) < 4.78 is 10.5. The van der Waals surface area contributed by atoms with E-state index >= 15 is 0 Å². The molecule has 0 aliphatic heterocycles. The van der Waals surface area contributed by atoms with Gasteiger partial charge in [-0.2, -0.15) is 0 Å². The molecule has 2 amide bonds. The van der Waals surface area contributed by atoms with Crippen molar-refractivity contribution in [2.75, 3.05) is 7.05 Å². The number of nitro benzene ring substituents is 1. The number of non-ortho nitro benzene ring substituents is 1. The van der Waals surface area contributed by atoms with Gasteiger partial charge in [-0.05, 0) is 53.7 Å². The summed E-state index contributed by atoms with van der Waals surface area (Å²) >= 11 is 0. The molecule has 1 rings (SSSR count). The number of hydrogen-bond acceptors (Lipinski definition) is 7. The van der Waals surface area contributed by atoms with Crippen molar-refractivity contribution in [2.45, 2.75) is 52.7 Å². The third-order valence-electron chi connectivity index (χ3n) is 2.89. The number of guanidine groups is 1. The molecule has 1 aromatic rings. The maximum absolute atomic E-state index is 12.3. The Morgan fingerprint density at radius 1 is 1.04 bits per heavy atom. The molecule has 0 atom stereocenters. The Labute approximate surface area is 163 Å². The Kier molecular flexibility index (Phi) is 7.09. The highest BCUT2D eigenvalue weighted by Crippen LogP contribution is 2.19. The number of nitrogens with one attached hydrogen (secondary N) is 1. The summed E-state index contributed by atoms with van der Waals surface area (Å²) in [6, 6.07) is 5.30. The molecule has 154 valence electrons. The summed E-state index contributed by atoms with van der Waals surface area (Å²) in [4.78, 5) is 39.9. The number of hydrogen-bond donors (Lipinski definition) is 1. The Bertz CT molecular complexity index is 760. The van der Waals surface area contributed by atoms with Crippen LogP contribution in [-0.4, -0.2) is 46.2 Å². The molecule has 10 heteroatoms. The second kappa shape index (κ2) is 8.68. The zero-order valence-electron chi connectivity index (χ0n) is 17.1. The highest BCUT2D eigenvalue weighted by atomic mass is 16.6. The summed E-state index contributed by atoms with van der Waals surface area (Å²) in [6.07, 6.45) is -1.56. The van der Waals surface area contributed by atoms with Crippen molar-refractivity contribution >= 4 is 29.5 Å². The predicted molar refractivity (Wildman–Crippen MR) is 104 cm³/mol. The lowest BCUT2D eigenvalue weighted by molar-refractivity contribution is -0.384. The van der Waals surface area contributed by atoms with Gasteiger partial charge in [-0.25, -0.2) is 14.6 Å². The summed E-state index contributed by atoms with van der Waals surface area (Å²) in [5, 5.41) is 13.2. The molecular formula is C18H26N4O6. The molecule has 10 nitrogen and oxygen atoms in total.